The fourth-order valence-electron chi connectivity index (χ4n) is 1.33. The molecule has 0 bridgehead atoms. The molecule has 0 aliphatic heterocycles. The molecule has 0 rings (SSSR count). The van der Waals surface area contributed by atoms with E-state index in [0.29, 0.717) is 6.10 Å². The van der Waals surface area contributed by atoms with Gasteiger partial charge in [-0.1, -0.05) is 26.2 Å². The van der Waals surface area contributed by atoms with Crippen molar-refractivity contribution >= 4 is 0 Å². The zero-order chi connectivity index (χ0) is 9.94. The molecular weight excluding hydrogens is 162 g/mol. The third-order valence-electron chi connectivity index (χ3n) is 2.09. The van der Waals surface area contributed by atoms with Crippen LogP contribution in [0.3, 0.4) is 0 Å². The Morgan fingerprint density at radius 3 is 2.54 bits per heavy atom. The monoisotopic (exact) mass is 187 g/mol. The number of hydrogen-bond acceptors (Lipinski definition) is 2. The molecule has 13 heavy (non-hydrogen) atoms. The summed E-state index contributed by atoms with van der Waals surface area (Å²) in [6, 6.07) is 0. The summed E-state index contributed by atoms with van der Waals surface area (Å²) in [5, 5.41) is 3.40. The standard InChI is InChI=1S/C11H25NO/c1-4-6-7-8-9-12-10-11(3)13-5-2/h11-12H,4-10H2,1-3H3. The summed E-state index contributed by atoms with van der Waals surface area (Å²) in [6.07, 6.45) is 5.69. The Kier molecular flexibility index (Phi) is 9.94. The lowest BCUT2D eigenvalue weighted by Gasteiger charge is -2.12. The van der Waals surface area contributed by atoms with Gasteiger partial charge in [0.15, 0.2) is 0 Å². The number of unbranched alkanes of at least 4 members (excludes halogenated alkanes) is 3. The van der Waals surface area contributed by atoms with Crippen LogP contribution in [0.15, 0.2) is 0 Å². The van der Waals surface area contributed by atoms with E-state index in [1.165, 1.54) is 25.7 Å². The van der Waals surface area contributed by atoms with Crippen molar-refractivity contribution in [1.29, 1.82) is 0 Å². The van der Waals surface area contributed by atoms with Gasteiger partial charge in [-0.25, -0.2) is 0 Å². The Morgan fingerprint density at radius 1 is 1.15 bits per heavy atom. The van der Waals surface area contributed by atoms with Crippen LogP contribution in [0.25, 0.3) is 0 Å². The molecule has 0 aliphatic rings. The summed E-state index contributed by atoms with van der Waals surface area (Å²) in [7, 11) is 0. The molecule has 1 unspecified atom stereocenters. The van der Waals surface area contributed by atoms with E-state index in [2.05, 4.69) is 19.2 Å². The predicted molar refractivity (Wildman–Crippen MR) is 58.1 cm³/mol. The maximum atomic E-state index is 5.41. The molecule has 0 saturated carbocycles. The summed E-state index contributed by atoms with van der Waals surface area (Å²) in [5.41, 5.74) is 0. The van der Waals surface area contributed by atoms with Gasteiger partial charge in [0.25, 0.3) is 0 Å². The molecule has 2 nitrogen and oxygen atoms in total. The highest BCUT2D eigenvalue weighted by Gasteiger charge is 1.98. The van der Waals surface area contributed by atoms with Crippen LogP contribution < -0.4 is 5.32 Å². The minimum Gasteiger partial charge on any atom is -0.377 e. The predicted octanol–water partition coefficient (Wildman–Crippen LogP) is 2.58. The van der Waals surface area contributed by atoms with E-state index in [-0.39, 0.29) is 0 Å². The SMILES string of the molecule is CCCCCCNCC(C)OCC. The molecule has 0 spiro atoms. The van der Waals surface area contributed by atoms with Gasteiger partial charge >= 0.3 is 0 Å². The third kappa shape index (κ3) is 9.84. The van der Waals surface area contributed by atoms with Gasteiger partial charge in [-0.2, -0.15) is 0 Å². The van der Waals surface area contributed by atoms with Crippen molar-refractivity contribution in [1.82, 2.24) is 5.32 Å². The molecule has 0 amide bonds. The molecule has 0 radical (unpaired) electrons. The minimum absolute atomic E-state index is 0.358. The molecular formula is C11H25NO. The Labute approximate surface area is 83.1 Å². The zero-order valence-electron chi connectivity index (χ0n) is 9.44. The van der Waals surface area contributed by atoms with Gasteiger partial charge in [-0.3, -0.25) is 0 Å². The fraction of sp³-hybridized carbons (Fsp3) is 1.00. The highest BCUT2D eigenvalue weighted by Crippen LogP contribution is 1.97. The second-order valence-electron chi connectivity index (χ2n) is 3.53. The Morgan fingerprint density at radius 2 is 1.92 bits per heavy atom. The number of rotatable bonds is 9. The van der Waals surface area contributed by atoms with E-state index in [0.717, 1.165) is 19.7 Å². The molecule has 0 fully saturated rings. The van der Waals surface area contributed by atoms with E-state index in [1.807, 2.05) is 6.92 Å². The van der Waals surface area contributed by atoms with E-state index < -0.39 is 0 Å². The van der Waals surface area contributed by atoms with Crippen LogP contribution in [-0.4, -0.2) is 25.8 Å². The lowest BCUT2D eigenvalue weighted by atomic mass is 10.2. The van der Waals surface area contributed by atoms with Crippen LogP contribution in [-0.2, 0) is 4.74 Å². The lowest BCUT2D eigenvalue weighted by molar-refractivity contribution is 0.0762. The third-order valence-corrected chi connectivity index (χ3v) is 2.09. The molecule has 1 atom stereocenters. The maximum Gasteiger partial charge on any atom is 0.0671 e. The van der Waals surface area contributed by atoms with Gasteiger partial charge in [-0.15, -0.1) is 0 Å². The molecule has 0 aromatic carbocycles. The molecule has 0 heterocycles. The van der Waals surface area contributed by atoms with Crippen LogP contribution in [0.4, 0.5) is 0 Å². The van der Waals surface area contributed by atoms with Crippen LogP contribution in [0, 0.1) is 0 Å². The molecule has 80 valence electrons. The van der Waals surface area contributed by atoms with Crippen molar-refractivity contribution in [3.63, 3.8) is 0 Å². The largest absolute Gasteiger partial charge is 0.377 e. The molecule has 1 N–H and O–H groups in total. The van der Waals surface area contributed by atoms with Crippen molar-refractivity contribution in [2.75, 3.05) is 19.7 Å². The first-order chi connectivity index (χ1) is 6.31. The van der Waals surface area contributed by atoms with Gasteiger partial charge < -0.3 is 10.1 Å². The highest BCUT2D eigenvalue weighted by atomic mass is 16.5. The maximum absolute atomic E-state index is 5.41. The Balaban J connectivity index is 2.97. The van der Waals surface area contributed by atoms with Gasteiger partial charge in [0.2, 0.25) is 0 Å². The second kappa shape index (κ2) is 10.0. The minimum atomic E-state index is 0.358. The van der Waals surface area contributed by atoms with Gasteiger partial charge in [0.1, 0.15) is 0 Å². The quantitative estimate of drug-likeness (QED) is 0.560. The summed E-state index contributed by atoms with van der Waals surface area (Å²) in [6.45, 7) is 9.33. The van der Waals surface area contributed by atoms with Crippen molar-refractivity contribution in [2.24, 2.45) is 0 Å². The van der Waals surface area contributed by atoms with Crippen LogP contribution >= 0.6 is 0 Å². The fourth-order valence-corrected chi connectivity index (χ4v) is 1.33. The summed E-state index contributed by atoms with van der Waals surface area (Å²) < 4.78 is 5.41. The number of nitrogens with one attached hydrogen (secondary N) is 1. The smallest absolute Gasteiger partial charge is 0.0671 e. The number of hydrogen-bond donors (Lipinski definition) is 1. The average Bonchev–Trinajstić information content (AvgIpc) is 2.11. The van der Waals surface area contributed by atoms with Crippen molar-refractivity contribution in [2.45, 2.75) is 52.6 Å². The lowest BCUT2D eigenvalue weighted by Crippen LogP contribution is -2.27. The van der Waals surface area contributed by atoms with Crippen molar-refractivity contribution in [3.05, 3.63) is 0 Å². The molecule has 2 heteroatoms. The van der Waals surface area contributed by atoms with Gasteiger partial charge in [-0.05, 0) is 26.8 Å². The summed E-state index contributed by atoms with van der Waals surface area (Å²) in [5.74, 6) is 0. The van der Waals surface area contributed by atoms with E-state index in [1.54, 1.807) is 0 Å². The Bertz CT molecular complexity index is 96.1. The van der Waals surface area contributed by atoms with E-state index in [9.17, 15) is 0 Å². The average molecular weight is 187 g/mol. The summed E-state index contributed by atoms with van der Waals surface area (Å²) in [4.78, 5) is 0. The second-order valence-corrected chi connectivity index (χ2v) is 3.53. The van der Waals surface area contributed by atoms with Crippen LogP contribution in [0.2, 0.25) is 0 Å². The normalized spacial score (nSPS) is 13.2. The number of ether oxygens (including phenoxy) is 1. The van der Waals surface area contributed by atoms with E-state index >= 15 is 0 Å². The summed E-state index contributed by atoms with van der Waals surface area (Å²) >= 11 is 0. The Hall–Kier alpha value is -0.0800. The molecule has 0 saturated heterocycles. The van der Waals surface area contributed by atoms with Crippen molar-refractivity contribution < 1.29 is 4.74 Å². The first kappa shape index (κ1) is 12.9. The van der Waals surface area contributed by atoms with Gasteiger partial charge in [0, 0.05) is 13.2 Å². The van der Waals surface area contributed by atoms with Crippen molar-refractivity contribution in [3.8, 4) is 0 Å². The van der Waals surface area contributed by atoms with Crippen LogP contribution in [0.1, 0.15) is 46.5 Å². The van der Waals surface area contributed by atoms with Crippen LogP contribution in [0.5, 0.6) is 0 Å². The molecule has 0 aliphatic carbocycles. The molecule has 0 aromatic heterocycles. The molecule has 0 aromatic rings. The topological polar surface area (TPSA) is 21.3 Å². The zero-order valence-corrected chi connectivity index (χ0v) is 9.44. The van der Waals surface area contributed by atoms with Gasteiger partial charge in [0.05, 0.1) is 6.10 Å². The first-order valence-corrected chi connectivity index (χ1v) is 5.63. The first-order valence-electron chi connectivity index (χ1n) is 5.63. The van der Waals surface area contributed by atoms with E-state index in [4.69, 9.17) is 4.74 Å². The highest BCUT2D eigenvalue weighted by molar-refractivity contribution is 4.55.